The molecule has 0 N–H and O–H groups in total. The molecule has 0 aromatic carbocycles. The fourth-order valence-electron chi connectivity index (χ4n) is 3.39. The lowest BCUT2D eigenvalue weighted by atomic mass is 10.1. The van der Waals surface area contributed by atoms with E-state index in [-0.39, 0.29) is 0 Å². The fraction of sp³-hybridized carbons (Fsp3) is 1.00. The summed E-state index contributed by atoms with van der Waals surface area (Å²) >= 11 is 0. The second-order valence-electron chi connectivity index (χ2n) is 8.82. The van der Waals surface area contributed by atoms with E-state index in [0.29, 0.717) is 79.3 Å². The molecule has 0 heterocycles. The van der Waals surface area contributed by atoms with Crippen LogP contribution in [0.25, 0.3) is 0 Å². The summed E-state index contributed by atoms with van der Waals surface area (Å²) in [5.74, 6) is 0. The van der Waals surface area contributed by atoms with Gasteiger partial charge in [-0.05, 0) is 12.8 Å². The quantitative estimate of drug-likeness (QED) is 0.106. The Kier molecular flexibility index (Phi) is 33.5. The molecule has 0 fully saturated rings. The Morgan fingerprint density at radius 2 is 0.429 bits per heavy atom. The maximum absolute atomic E-state index is 5.58. The highest BCUT2D eigenvalue weighted by Gasteiger charge is 1.96. The zero-order valence-corrected chi connectivity index (χ0v) is 23.2. The maximum atomic E-state index is 5.58. The van der Waals surface area contributed by atoms with Crippen molar-refractivity contribution in [3.63, 3.8) is 0 Å². The Morgan fingerprint density at radius 3 is 0.686 bits per heavy atom. The smallest absolute Gasteiger partial charge is 0.0701 e. The van der Waals surface area contributed by atoms with Gasteiger partial charge in [0.2, 0.25) is 0 Å². The van der Waals surface area contributed by atoms with Crippen molar-refractivity contribution in [2.24, 2.45) is 0 Å². The highest BCUT2D eigenvalue weighted by molar-refractivity contribution is 4.45. The second kappa shape index (κ2) is 33.7. The van der Waals surface area contributed by atoms with Gasteiger partial charge >= 0.3 is 0 Å². The SMILES string of the molecule is CCCCCCCCOCCOCCOCCOCCOCCOCCOCCCCCCCC. The van der Waals surface area contributed by atoms with Crippen LogP contribution in [0.4, 0.5) is 0 Å². The van der Waals surface area contributed by atoms with E-state index in [1.54, 1.807) is 0 Å². The number of hydrogen-bond acceptors (Lipinski definition) is 7. The van der Waals surface area contributed by atoms with Crippen molar-refractivity contribution >= 4 is 0 Å². The maximum Gasteiger partial charge on any atom is 0.0701 e. The lowest BCUT2D eigenvalue weighted by Gasteiger charge is -2.08. The summed E-state index contributed by atoms with van der Waals surface area (Å²) in [5.41, 5.74) is 0. The van der Waals surface area contributed by atoms with E-state index in [2.05, 4.69) is 13.8 Å². The van der Waals surface area contributed by atoms with Crippen LogP contribution in [-0.4, -0.2) is 92.5 Å². The number of unbranched alkanes of at least 4 members (excludes halogenated alkanes) is 10. The molecule has 0 aromatic heterocycles. The molecule has 0 aliphatic carbocycles. The molecule has 0 saturated heterocycles. The average Bonchev–Trinajstić information content (AvgIpc) is 2.87. The highest BCUT2D eigenvalue weighted by Crippen LogP contribution is 2.05. The third-order valence-electron chi connectivity index (χ3n) is 5.52. The van der Waals surface area contributed by atoms with E-state index < -0.39 is 0 Å². The molecule has 0 aromatic rings. The Hall–Kier alpha value is -0.280. The molecule has 0 saturated carbocycles. The molecular weight excluding hydrogens is 448 g/mol. The van der Waals surface area contributed by atoms with E-state index in [1.165, 1.54) is 64.2 Å². The first-order valence-corrected chi connectivity index (χ1v) is 14.5. The van der Waals surface area contributed by atoms with Gasteiger partial charge in [0.15, 0.2) is 0 Å². The summed E-state index contributed by atoms with van der Waals surface area (Å²) in [4.78, 5) is 0. The minimum Gasteiger partial charge on any atom is -0.379 e. The predicted octanol–water partition coefficient (Wildman–Crippen LogP) is 5.82. The van der Waals surface area contributed by atoms with E-state index in [0.717, 1.165) is 26.1 Å². The highest BCUT2D eigenvalue weighted by atomic mass is 16.6. The Balaban J connectivity index is 3.00. The van der Waals surface area contributed by atoms with Gasteiger partial charge in [0.05, 0.1) is 79.3 Å². The van der Waals surface area contributed by atoms with Gasteiger partial charge in [-0.15, -0.1) is 0 Å². The Bertz CT molecular complexity index is 326. The topological polar surface area (TPSA) is 64.6 Å². The summed E-state index contributed by atoms with van der Waals surface area (Å²) in [7, 11) is 0. The second-order valence-corrected chi connectivity index (χ2v) is 8.82. The van der Waals surface area contributed by atoms with Crippen LogP contribution in [0.1, 0.15) is 90.9 Å². The molecule has 0 amide bonds. The van der Waals surface area contributed by atoms with Gasteiger partial charge in [-0.3, -0.25) is 0 Å². The molecule has 0 radical (unpaired) electrons. The van der Waals surface area contributed by atoms with Crippen LogP contribution in [0.3, 0.4) is 0 Å². The van der Waals surface area contributed by atoms with Crippen LogP contribution in [0.2, 0.25) is 0 Å². The predicted molar refractivity (Wildman–Crippen MR) is 142 cm³/mol. The monoisotopic (exact) mass is 506 g/mol. The molecule has 0 unspecified atom stereocenters. The summed E-state index contributed by atoms with van der Waals surface area (Å²) in [5, 5.41) is 0. The van der Waals surface area contributed by atoms with Gasteiger partial charge in [0.1, 0.15) is 0 Å². The minimum absolute atomic E-state index is 0.567. The van der Waals surface area contributed by atoms with E-state index in [4.69, 9.17) is 33.2 Å². The van der Waals surface area contributed by atoms with Crippen molar-refractivity contribution in [2.45, 2.75) is 90.9 Å². The summed E-state index contributed by atoms with van der Waals surface area (Å²) < 4.78 is 38.6. The third kappa shape index (κ3) is 33.7. The standard InChI is InChI=1S/C28H58O7/c1-3-5-7-9-11-13-15-29-17-19-31-21-23-33-25-27-35-28-26-34-24-22-32-20-18-30-16-14-12-10-8-6-4-2/h3-28H2,1-2H3. The van der Waals surface area contributed by atoms with Gasteiger partial charge in [-0.25, -0.2) is 0 Å². The molecule has 212 valence electrons. The Labute approximate surface area is 216 Å². The molecule has 35 heavy (non-hydrogen) atoms. The fourth-order valence-corrected chi connectivity index (χ4v) is 3.39. The first-order chi connectivity index (χ1) is 17.4. The normalized spacial score (nSPS) is 11.5. The molecule has 7 heteroatoms. The molecule has 7 nitrogen and oxygen atoms in total. The number of rotatable bonds is 32. The molecular formula is C28H58O7. The van der Waals surface area contributed by atoms with Crippen LogP contribution in [0.15, 0.2) is 0 Å². The lowest BCUT2D eigenvalue weighted by molar-refractivity contribution is -0.0206. The molecule has 0 aliphatic heterocycles. The number of hydrogen-bond donors (Lipinski definition) is 0. The van der Waals surface area contributed by atoms with E-state index in [1.807, 2.05) is 0 Å². The average molecular weight is 507 g/mol. The first-order valence-electron chi connectivity index (χ1n) is 14.5. The Morgan fingerprint density at radius 1 is 0.229 bits per heavy atom. The van der Waals surface area contributed by atoms with Crippen LogP contribution < -0.4 is 0 Å². The lowest BCUT2D eigenvalue weighted by Crippen LogP contribution is -2.14. The van der Waals surface area contributed by atoms with Crippen molar-refractivity contribution in [2.75, 3.05) is 92.5 Å². The van der Waals surface area contributed by atoms with E-state index in [9.17, 15) is 0 Å². The van der Waals surface area contributed by atoms with Crippen molar-refractivity contribution < 1.29 is 33.2 Å². The summed E-state index contributed by atoms with van der Waals surface area (Å²) in [6.45, 7) is 13.4. The van der Waals surface area contributed by atoms with Crippen LogP contribution in [-0.2, 0) is 33.2 Å². The van der Waals surface area contributed by atoms with Crippen LogP contribution >= 0.6 is 0 Å². The zero-order valence-electron chi connectivity index (χ0n) is 23.2. The first kappa shape index (κ1) is 34.7. The van der Waals surface area contributed by atoms with Crippen molar-refractivity contribution in [3.8, 4) is 0 Å². The zero-order chi connectivity index (χ0) is 25.3. The van der Waals surface area contributed by atoms with Gasteiger partial charge in [-0.1, -0.05) is 78.1 Å². The molecule has 0 aliphatic rings. The minimum atomic E-state index is 0.567. The van der Waals surface area contributed by atoms with Gasteiger partial charge in [-0.2, -0.15) is 0 Å². The van der Waals surface area contributed by atoms with Crippen LogP contribution in [0.5, 0.6) is 0 Å². The van der Waals surface area contributed by atoms with Crippen molar-refractivity contribution in [1.82, 2.24) is 0 Å². The van der Waals surface area contributed by atoms with Crippen LogP contribution in [0, 0.1) is 0 Å². The van der Waals surface area contributed by atoms with E-state index >= 15 is 0 Å². The molecule has 0 bridgehead atoms. The van der Waals surface area contributed by atoms with Gasteiger partial charge < -0.3 is 33.2 Å². The molecule has 0 atom stereocenters. The van der Waals surface area contributed by atoms with Gasteiger partial charge in [0.25, 0.3) is 0 Å². The van der Waals surface area contributed by atoms with Gasteiger partial charge in [0, 0.05) is 13.2 Å². The number of ether oxygens (including phenoxy) is 7. The third-order valence-corrected chi connectivity index (χ3v) is 5.52. The molecule has 0 rings (SSSR count). The summed E-state index contributed by atoms with van der Waals surface area (Å²) in [6.07, 6.45) is 15.5. The van der Waals surface area contributed by atoms with Crippen molar-refractivity contribution in [3.05, 3.63) is 0 Å². The summed E-state index contributed by atoms with van der Waals surface area (Å²) in [6, 6.07) is 0. The van der Waals surface area contributed by atoms with Crippen molar-refractivity contribution in [1.29, 1.82) is 0 Å². The molecule has 0 spiro atoms. The largest absolute Gasteiger partial charge is 0.379 e.